The third kappa shape index (κ3) is 7.24. The van der Waals surface area contributed by atoms with E-state index in [-0.39, 0.29) is 23.8 Å². The number of furan rings is 1. The molecule has 0 bridgehead atoms. The fourth-order valence-corrected chi connectivity index (χ4v) is 4.19. The van der Waals surface area contributed by atoms with Crippen LogP contribution in [0.3, 0.4) is 0 Å². The summed E-state index contributed by atoms with van der Waals surface area (Å²) in [7, 11) is 0. The highest BCUT2D eigenvalue weighted by atomic mass is 16.5. The van der Waals surface area contributed by atoms with Crippen LogP contribution >= 0.6 is 0 Å². The minimum Gasteiger partial charge on any atom is -0.491 e. The number of hydrogen-bond acceptors (Lipinski definition) is 3. The van der Waals surface area contributed by atoms with Crippen molar-refractivity contribution in [1.29, 1.82) is 0 Å². The zero-order chi connectivity index (χ0) is 23.8. The zero-order valence-electron chi connectivity index (χ0n) is 20.5. The van der Waals surface area contributed by atoms with E-state index in [9.17, 15) is 4.79 Å². The highest BCUT2D eigenvalue weighted by Crippen LogP contribution is 2.30. The maximum Gasteiger partial charge on any atom is 0.220 e. The second-order valence-electron chi connectivity index (χ2n) is 9.41. The van der Waals surface area contributed by atoms with Gasteiger partial charge in [0.1, 0.15) is 11.5 Å². The van der Waals surface area contributed by atoms with Gasteiger partial charge in [-0.25, -0.2) is 0 Å². The molecule has 1 aromatic heterocycles. The third-order valence-electron chi connectivity index (χ3n) is 6.01. The fourth-order valence-electron chi connectivity index (χ4n) is 4.19. The molecule has 0 aliphatic heterocycles. The molecule has 33 heavy (non-hydrogen) atoms. The van der Waals surface area contributed by atoms with Crippen LogP contribution in [0.4, 0.5) is 0 Å². The minimum atomic E-state index is 0.0818. The van der Waals surface area contributed by atoms with Crippen molar-refractivity contribution in [3.05, 3.63) is 89.4 Å². The summed E-state index contributed by atoms with van der Waals surface area (Å²) in [5.74, 6) is 2.51. The number of rotatable bonds is 11. The van der Waals surface area contributed by atoms with Crippen LogP contribution < -0.4 is 10.1 Å². The molecule has 2 aromatic carbocycles. The molecule has 0 aliphatic rings. The maximum atomic E-state index is 12.8. The van der Waals surface area contributed by atoms with Crippen LogP contribution in [0.2, 0.25) is 0 Å². The molecule has 0 aliphatic carbocycles. The summed E-state index contributed by atoms with van der Waals surface area (Å²) in [6.45, 7) is 11.1. The molecule has 3 rings (SSSR count). The van der Waals surface area contributed by atoms with Gasteiger partial charge in [0.05, 0.1) is 12.4 Å². The molecule has 0 saturated carbocycles. The van der Waals surface area contributed by atoms with Gasteiger partial charge in [0.25, 0.3) is 0 Å². The lowest BCUT2D eigenvalue weighted by molar-refractivity contribution is -0.121. The van der Waals surface area contributed by atoms with Crippen LogP contribution in [0.5, 0.6) is 5.75 Å². The number of carbonyl (C=O) groups excluding carboxylic acids is 1. The van der Waals surface area contributed by atoms with Gasteiger partial charge in [0, 0.05) is 18.9 Å². The average molecular weight is 448 g/mol. The highest BCUT2D eigenvalue weighted by Gasteiger charge is 2.21. The molecule has 176 valence electrons. The second kappa shape index (κ2) is 11.7. The summed E-state index contributed by atoms with van der Waals surface area (Å²) < 4.78 is 11.5. The lowest BCUT2D eigenvalue weighted by Gasteiger charge is -2.22. The van der Waals surface area contributed by atoms with E-state index in [1.165, 1.54) is 16.7 Å². The van der Waals surface area contributed by atoms with Gasteiger partial charge in [0.2, 0.25) is 5.91 Å². The summed E-state index contributed by atoms with van der Waals surface area (Å²) in [5, 5.41) is 3.14. The normalized spacial score (nSPS) is 13.2. The standard InChI is InChI=1S/C29H37NO3/c1-20(2)27(24-12-14-25(15-13-24)33-21(3)4)19-29(31)30-17-16-26(28-7-6-18-32-28)23-10-8-22(5)9-11-23/h6-15,18,20-21,26-27H,16-17,19H2,1-5H3,(H,30,31)/t26-,27+/m0/s1. The van der Waals surface area contributed by atoms with E-state index < -0.39 is 0 Å². The van der Waals surface area contributed by atoms with Gasteiger partial charge >= 0.3 is 0 Å². The summed E-state index contributed by atoms with van der Waals surface area (Å²) in [5.41, 5.74) is 3.60. The predicted octanol–water partition coefficient (Wildman–Crippen LogP) is 6.84. The molecule has 0 fully saturated rings. The molecule has 0 radical (unpaired) electrons. The van der Waals surface area contributed by atoms with Crippen molar-refractivity contribution in [3.8, 4) is 5.75 Å². The number of aryl methyl sites for hydroxylation is 1. The molecule has 0 spiro atoms. The van der Waals surface area contributed by atoms with Crippen molar-refractivity contribution in [2.75, 3.05) is 6.54 Å². The summed E-state index contributed by atoms with van der Waals surface area (Å²) in [4.78, 5) is 12.8. The molecule has 4 heteroatoms. The molecule has 1 amide bonds. The van der Waals surface area contributed by atoms with Gasteiger partial charge in [-0.05, 0) is 74.4 Å². The van der Waals surface area contributed by atoms with E-state index >= 15 is 0 Å². The average Bonchev–Trinajstić information content (AvgIpc) is 3.30. The lowest BCUT2D eigenvalue weighted by atomic mass is 9.85. The zero-order valence-corrected chi connectivity index (χ0v) is 20.5. The topological polar surface area (TPSA) is 51.5 Å². The fraction of sp³-hybridized carbons (Fsp3) is 0.414. The SMILES string of the molecule is Cc1ccc([C@H](CCNC(=O)C[C@@H](c2ccc(OC(C)C)cc2)C(C)C)c2ccco2)cc1. The van der Waals surface area contributed by atoms with Gasteiger partial charge in [-0.2, -0.15) is 0 Å². The largest absolute Gasteiger partial charge is 0.491 e. The van der Waals surface area contributed by atoms with Gasteiger partial charge in [0.15, 0.2) is 0 Å². The van der Waals surface area contributed by atoms with Crippen LogP contribution in [-0.2, 0) is 4.79 Å². The minimum absolute atomic E-state index is 0.0818. The Bertz CT molecular complexity index is 973. The Balaban J connectivity index is 1.59. The quantitative estimate of drug-likeness (QED) is 0.350. The number of amides is 1. The molecular formula is C29H37NO3. The van der Waals surface area contributed by atoms with E-state index in [0.29, 0.717) is 18.9 Å². The smallest absolute Gasteiger partial charge is 0.220 e. The molecule has 0 unspecified atom stereocenters. The molecule has 0 saturated heterocycles. The lowest BCUT2D eigenvalue weighted by Crippen LogP contribution is -2.28. The summed E-state index contributed by atoms with van der Waals surface area (Å²) in [6.07, 6.45) is 3.11. The van der Waals surface area contributed by atoms with E-state index in [4.69, 9.17) is 9.15 Å². The van der Waals surface area contributed by atoms with E-state index in [1.54, 1.807) is 6.26 Å². The maximum absolute atomic E-state index is 12.8. The molecule has 2 atom stereocenters. The number of nitrogens with one attached hydrogen (secondary N) is 1. The Morgan fingerprint density at radius 1 is 0.939 bits per heavy atom. The van der Waals surface area contributed by atoms with Gasteiger partial charge in [-0.15, -0.1) is 0 Å². The van der Waals surface area contributed by atoms with E-state index in [2.05, 4.69) is 62.5 Å². The van der Waals surface area contributed by atoms with Gasteiger partial charge in [-0.1, -0.05) is 55.8 Å². The van der Waals surface area contributed by atoms with Crippen LogP contribution in [0.1, 0.15) is 74.8 Å². The van der Waals surface area contributed by atoms with Crippen molar-refractivity contribution in [2.45, 2.75) is 65.4 Å². The van der Waals surface area contributed by atoms with Crippen LogP contribution in [-0.4, -0.2) is 18.6 Å². The van der Waals surface area contributed by atoms with Gasteiger partial charge < -0.3 is 14.5 Å². The first-order valence-electron chi connectivity index (χ1n) is 12.0. The Labute approximate surface area is 198 Å². The molecule has 3 aromatic rings. The van der Waals surface area contributed by atoms with Crippen molar-refractivity contribution in [3.63, 3.8) is 0 Å². The first-order chi connectivity index (χ1) is 15.8. The van der Waals surface area contributed by atoms with Crippen LogP contribution in [0.15, 0.2) is 71.3 Å². The van der Waals surface area contributed by atoms with E-state index in [1.807, 2.05) is 38.1 Å². The Morgan fingerprint density at radius 3 is 2.18 bits per heavy atom. The number of carbonyl (C=O) groups is 1. The molecule has 1 N–H and O–H groups in total. The molecule has 4 nitrogen and oxygen atoms in total. The third-order valence-corrected chi connectivity index (χ3v) is 6.01. The predicted molar refractivity (Wildman–Crippen MR) is 134 cm³/mol. The first-order valence-corrected chi connectivity index (χ1v) is 12.0. The van der Waals surface area contributed by atoms with Gasteiger partial charge in [-0.3, -0.25) is 4.79 Å². The van der Waals surface area contributed by atoms with Crippen LogP contribution in [0.25, 0.3) is 0 Å². The first kappa shape index (κ1) is 24.6. The Morgan fingerprint density at radius 2 is 1.61 bits per heavy atom. The number of benzene rings is 2. The number of ether oxygens (including phenoxy) is 1. The molecular weight excluding hydrogens is 410 g/mol. The van der Waals surface area contributed by atoms with Crippen LogP contribution in [0, 0.1) is 12.8 Å². The van der Waals surface area contributed by atoms with Crippen molar-refractivity contribution in [1.82, 2.24) is 5.32 Å². The summed E-state index contributed by atoms with van der Waals surface area (Å²) >= 11 is 0. The number of hydrogen-bond donors (Lipinski definition) is 1. The van der Waals surface area contributed by atoms with Crippen molar-refractivity contribution >= 4 is 5.91 Å². The Kier molecular flexibility index (Phi) is 8.76. The Hall–Kier alpha value is -3.01. The van der Waals surface area contributed by atoms with Crippen molar-refractivity contribution < 1.29 is 13.9 Å². The monoisotopic (exact) mass is 447 g/mol. The molecule has 1 heterocycles. The summed E-state index contributed by atoms with van der Waals surface area (Å²) in [6, 6.07) is 20.6. The highest BCUT2D eigenvalue weighted by molar-refractivity contribution is 5.76. The van der Waals surface area contributed by atoms with Crippen molar-refractivity contribution in [2.24, 2.45) is 5.92 Å². The van der Waals surface area contributed by atoms with E-state index in [0.717, 1.165) is 17.9 Å². The second-order valence-corrected chi connectivity index (χ2v) is 9.41.